The molecule has 0 bridgehead atoms. The molecule has 1 saturated carbocycles. The standard InChI is InChI=1S/C19H29N3O3/c1-2-20-18(21-14-19(23)9-4-3-5-10-19)22-15-7-8-16-17(13-15)25-12-6-11-24-16/h7-8,13,23H,2-6,9-12,14H2,1H3,(H2,20,21,22). The molecule has 0 radical (unpaired) electrons. The van der Waals surface area contributed by atoms with Crippen molar-refractivity contribution in [1.82, 2.24) is 5.32 Å². The molecule has 0 spiro atoms. The van der Waals surface area contributed by atoms with Crippen molar-refractivity contribution in [2.75, 3.05) is 31.6 Å². The van der Waals surface area contributed by atoms with Gasteiger partial charge in [0.2, 0.25) is 0 Å². The Balaban J connectivity index is 1.68. The van der Waals surface area contributed by atoms with Crippen molar-refractivity contribution in [1.29, 1.82) is 0 Å². The molecule has 1 aromatic rings. The third-order valence-corrected chi connectivity index (χ3v) is 4.67. The van der Waals surface area contributed by atoms with Gasteiger partial charge in [-0.15, -0.1) is 0 Å². The molecule has 138 valence electrons. The second-order valence-electron chi connectivity index (χ2n) is 6.82. The quantitative estimate of drug-likeness (QED) is 0.577. The second-order valence-corrected chi connectivity index (χ2v) is 6.82. The molecule has 6 heteroatoms. The van der Waals surface area contributed by atoms with Crippen molar-refractivity contribution in [2.24, 2.45) is 4.99 Å². The van der Waals surface area contributed by atoms with Gasteiger partial charge >= 0.3 is 0 Å². The van der Waals surface area contributed by atoms with Crippen LogP contribution in [0.2, 0.25) is 0 Å². The van der Waals surface area contributed by atoms with E-state index in [4.69, 9.17) is 9.47 Å². The van der Waals surface area contributed by atoms with Crippen LogP contribution in [0.4, 0.5) is 5.69 Å². The van der Waals surface area contributed by atoms with E-state index in [0.29, 0.717) is 25.7 Å². The van der Waals surface area contributed by atoms with Gasteiger partial charge in [0, 0.05) is 24.7 Å². The van der Waals surface area contributed by atoms with E-state index >= 15 is 0 Å². The molecule has 25 heavy (non-hydrogen) atoms. The Hall–Kier alpha value is -1.95. The van der Waals surface area contributed by atoms with Gasteiger partial charge in [-0.2, -0.15) is 0 Å². The highest BCUT2D eigenvalue weighted by Gasteiger charge is 2.28. The van der Waals surface area contributed by atoms with Crippen LogP contribution in [0.1, 0.15) is 45.4 Å². The van der Waals surface area contributed by atoms with Crippen molar-refractivity contribution in [3.8, 4) is 11.5 Å². The average Bonchev–Trinajstić information content (AvgIpc) is 2.85. The summed E-state index contributed by atoms with van der Waals surface area (Å²) in [5.74, 6) is 2.21. The fourth-order valence-electron chi connectivity index (χ4n) is 3.28. The zero-order chi connectivity index (χ0) is 17.5. The molecule has 3 N–H and O–H groups in total. The van der Waals surface area contributed by atoms with E-state index in [2.05, 4.69) is 15.6 Å². The first kappa shape index (κ1) is 17.9. The number of guanidine groups is 1. The number of aliphatic imine (C=N–C) groups is 1. The smallest absolute Gasteiger partial charge is 0.195 e. The second kappa shape index (κ2) is 8.43. The van der Waals surface area contributed by atoms with Gasteiger partial charge in [-0.1, -0.05) is 19.3 Å². The van der Waals surface area contributed by atoms with Gasteiger partial charge in [0.25, 0.3) is 0 Å². The maximum Gasteiger partial charge on any atom is 0.195 e. The third kappa shape index (κ3) is 5.01. The van der Waals surface area contributed by atoms with Crippen LogP contribution in [0.5, 0.6) is 11.5 Å². The zero-order valence-electron chi connectivity index (χ0n) is 15.0. The molecule has 3 rings (SSSR count). The van der Waals surface area contributed by atoms with Crippen LogP contribution in [0, 0.1) is 0 Å². The van der Waals surface area contributed by atoms with E-state index in [1.165, 1.54) is 6.42 Å². The minimum absolute atomic E-state index is 0.423. The SMILES string of the molecule is CCNC(=NCC1(O)CCCCC1)Nc1ccc2c(c1)OCCCO2. The number of anilines is 1. The van der Waals surface area contributed by atoms with Crippen molar-refractivity contribution in [3.05, 3.63) is 18.2 Å². The van der Waals surface area contributed by atoms with Gasteiger partial charge in [-0.05, 0) is 31.9 Å². The van der Waals surface area contributed by atoms with E-state index in [-0.39, 0.29) is 0 Å². The fraction of sp³-hybridized carbons (Fsp3) is 0.632. The van der Waals surface area contributed by atoms with E-state index < -0.39 is 5.60 Å². The van der Waals surface area contributed by atoms with Crippen LogP contribution in [0.15, 0.2) is 23.2 Å². The number of nitrogens with zero attached hydrogens (tertiary/aromatic N) is 1. The Morgan fingerprint density at radius 3 is 2.64 bits per heavy atom. The lowest BCUT2D eigenvalue weighted by atomic mass is 9.85. The minimum Gasteiger partial charge on any atom is -0.490 e. The summed E-state index contributed by atoms with van der Waals surface area (Å²) in [6.07, 6.45) is 5.93. The molecular formula is C19H29N3O3. The summed E-state index contributed by atoms with van der Waals surface area (Å²) < 4.78 is 11.4. The maximum atomic E-state index is 10.6. The topological polar surface area (TPSA) is 75.1 Å². The number of benzene rings is 1. The molecule has 1 heterocycles. The molecule has 6 nitrogen and oxygen atoms in total. The first-order chi connectivity index (χ1) is 12.2. The van der Waals surface area contributed by atoms with Gasteiger partial charge < -0.3 is 25.2 Å². The summed E-state index contributed by atoms with van der Waals surface area (Å²) in [7, 11) is 0. The molecule has 1 aromatic carbocycles. The van der Waals surface area contributed by atoms with Crippen LogP contribution >= 0.6 is 0 Å². The zero-order valence-corrected chi connectivity index (χ0v) is 15.0. The summed E-state index contributed by atoms with van der Waals surface area (Å²) in [5.41, 5.74) is 0.227. The van der Waals surface area contributed by atoms with Crippen LogP contribution in [-0.2, 0) is 0 Å². The van der Waals surface area contributed by atoms with Crippen molar-refractivity contribution >= 4 is 11.6 Å². The van der Waals surface area contributed by atoms with Crippen LogP contribution in [-0.4, -0.2) is 43.0 Å². The lowest BCUT2D eigenvalue weighted by Crippen LogP contribution is -2.37. The third-order valence-electron chi connectivity index (χ3n) is 4.67. The highest BCUT2D eigenvalue weighted by molar-refractivity contribution is 5.94. The molecule has 2 aliphatic rings. The Kier molecular flexibility index (Phi) is 6.02. The summed E-state index contributed by atoms with van der Waals surface area (Å²) in [6, 6.07) is 5.81. The molecule has 1 aliphatic heterocycles. The number of hydrogen-bond acceptors (Lipinski definition) is 4. The number of rotatable bonds is 4. The van der Waals surface area contributed by atoms with E-state index in [0.717, 1.165) is 55.8 Å². The highest BCUT2D eigenvalue weighted by Crippen LogP contribution is 2.32. The number of nitrogens with one attached hydrogen (secondary N) is 2. The molecular weight excluding hydrogens is 318 g/mol. The predicted molar refractivity (Wildman–Crippen MR) is 99.7 cm³/mol. The lowest BCUT2D eigenvalue weighted by Gasteiger charge is -2.30. The van der Waals surface area contributed by atoms with Gasteiger partial charge in [0.05, 0.1) is 25.4 Å². The molecule has 0 amide bonds. The Morgan fingerprint density at radius 2 is 1.88 bits per heavy atom. The Labute approximate surface area is 149 Å². The van der Waals surface area contributed by atoms with E-state index in [1.54, 1.807) is 0 Å². The van der Waals surface area contributed by atoms with Crippen LogP contribution < -0.4 is 20.1 Å². The van der Waals surface area contributed by atoms with E-state index in [1.807, 2.05) is 25.1 Å². The minimum atomic E-state index is -0.661. The number of hydrogen-bond donors (Lipinski definition) is 3. The first-order valence-corrected chi connectivity index (χ1v) is 9.36. The molecule has 0 atom stereocenters. The van der Waals surface area contributed by atoms with Gasteiger partial charge in [0.15, 0.2) is 17.5 Å². The number of aliphatic hydroxyl groups is 1. The Bertz CT molecular complexity index is 598. The monoisotopic (exact) mass is 347 g/mol. The molecule has 0 saturated heterocycles. The van der Waals surface area contributed by atoms with Crippen LogP contribution in [0.25, 0.3) is 0 Å². The van der Waals surface area contributed by atoms with Crippen molar-refractivity contribution in [2.45, 2.75) is 51.0 Å². The van der Waals surface area contributed by atoms with Gasteiger partial charge in [-0.3, -0.25) is 4.99 Å². The maximum absolute atomic E-state index is 10.6. The van der Waals surface area contributed by atoms with Gasteiger partial charge in [-0.25, -0.2) is 0 Å². The highest BCUT2D eigenvalue weighted by atomic mass is 16.5. The molecule has 1 aliphatic carbocycles. The van der Waals surface area contributed by atoms with Crippen molar-refractivity contribution < 1.29 is 14.6 Å². The van der Waals surface area contributed by atoms with E-state index in [9.17, 15) is 5.11 Å². The number of fused-ring (bicyclic) bond motifs is 1. The first-order valence-electron chi connectivity index (χ1n) is 9.36. The fourth-order valence-corrected chi connectivity index (χ4v) is 3.28. The predicted octanol–water partition coefficient (Wildman–Crippen LogP) is 2.92. The number of ether oxygens (including phenoxy) is 2. The lowest BCUT2D eigenvalue weighted by molar-refractivity contribution is 0.0132. The average molecular weight is 347 g/mol. The summed E-state index contributed by atoms with van der Waals surface area (Å²) in [5, 5.41) is 17.2. The van der Waals surface area contributed by atoms with Crippen LogP contribution in [0.3, 0.4) is 0 Å². The molecule has 0 aromatic heterocycles. The molecule has 1 fully saturated rings. The van der Waals surface area contributed by atoms with Gasteiger partial charge in [0.1, 0.15) is 0 Å². The molecule has 0 unspecified atom stereocenters. The largest absolute Gasteiger partial charge is 0.490 e. The van der Waals surface area contributed by atoms with Crippen molar-refractivity contribution in [3.63, 3.8) is 0 Å². The summed E-state index contributed by atoms with van der Waals surface area (Å²) >= 11 is 0. The Morgan fingerprint density at radius 1 is 1.12 bits per heavy atom. The summed E-state index contributed by atoms with van der Waals surface area (Å²) in [6.45, 7) is 4.56. The summed E-state index contributed by atoms with van der Waals surface area (Å²) in [4.78, 5) is 4.61. The normalized spacial score (nSPS) is 19.8.